The zero-order chi connectivity index (χ0) is 7.90. The van der Waals surface area contributed by atoms with Crippen molar-refractivity contribution in [3.05, 3.63) is 0 Å². The summed E-state index contributed by atoms with van der Waals surface area (Å²) in [6.45, 7) is 5.82. The molecule has 1 spiro atoms. The summed E-state index contributed by atoms with van der Waals surface area (Å²) in [5, 5.41) is 9.25. The molecule has 2 heterocycles. The smallest absolute Gasteiger partial charge is 0.0961 e. The summed E-state index contributed by atoms with van der Waals surface area (Å²) in [6.07, 6.45) is 0.623. The monoisotopic (exact) mass is 157 g/mol. The maximum Gasteiger partial charge on any atom is 0.0961 e. The van der Waals surface area contributed by atoms with Crippen molar-refractivity contribution in [2.45, 2.75) is 25.0 Å². The first-order chi connectivity index (χ1) is 5.24. The van der Waals surface area contributed by atoms with E-state index in [9.17, 15) is 5.11 Å². The standard InChI is InChI=1S/C8H15NO2/c1-2-9-5-8(6-9)3-7(10)4-11-8/h7,10H,2-6H2,1H3. The molecule has 0 aliphatic carbocycles. The van der Waals surface area contributed by atoms with Gasteiger partial charge in [0.15, 0.2) is 0 Å². The van der Waals surface area contributed by atoms with Crippen molar-refractivity contribution in [2.75, 3.05) is 26.2 Å². The van der Waals surface area contributed by atoms with E-state index in [1.54, 1.807) is 0 Å². The van der Waals surface area contributed by atoms with Crippen molar-refractivity contribution in [2.24, 2.45) is 0 Å². The highest BCUT2D eigenvalue weighted by molar-refractivity contribution is 5.01. The number of ether oxygens (including phenoxy) is 1. The molecule has 1 atom stereocenters. The summed E-state index contributed by atoms with van der Waals surface area (Å²) in [7, 11) is 0. The van der Waals surface area contributed by atoms with Crippen molar-refractivity contribution in [1.82, 2.24) is 4.90 Å². The number of hydrogen-bond acceptors (Lipinski definition) is 3. The minimum absolute atomic E-state index is 0.0371. The molecule has 0 aromatic carbocycles. The maximum atomic E-state index is 9.25. The molecule has 3 heteroatoms. The van der Waals surface area contributed by atoms with Gasteiger partial charge < -0.3 is 9.84 Å². The number of aliphatic hydroxyl groups is 1. The van der Waals surface area contributed by atoms with Crippen LogP contribution < -0.4 is 0 Å². The molecule has 11 heavy (non-hydrogen) atoms. The van der Waals surface area contributed by atoms with Crippen LogP contribution in [0.4, 0.5) is 0 Å². The minimum Gasteiger partial charge on any atom is -0.391 e. The van der Waals surface area contributed by atoms with E-state index in [4.69, 9.17) is 4.74 Å². The largest absolute Gasteiger partial charge is 0.391 e. The van der Waals surface area contributed by atoms with E-state index in [2.05, 4.69) is 11.8 Å². The highest BCUT2D eigenvalue weighted by Crippen LogP contribution is 2.34. The Hall–Kier alpha value is -0.120. The molecule has 0 bridgehead atoms. The predicted molar refractivity (Wildman–Crippen MR) is 41.4 cm³/mol. The summed E-state index contributed by atoms with van der Waals surface area (Å²) >= 11 is 0. The first-order valence-corrected chi connectivity index (χ1v) is 4.28. The van der Waals surface area contributed by atoms with E-state index in [0.717, 1.165) is 26.1 Å². The SMILES string of the molecule is CCN1CC2(CC(O)CO2)C1. The Morgan fingerprint density at radius 1 is 1.64 bits per heavy atom. The topological polar surface area (TPSA) is 32.7 Å². The van der Waals surface area contributed by atoms with Crippen molar-refractivity contribution in [1.29, 1.82) is 0 Å². The lowest BCUT2D eigenvalue weighted by molar-refractivity contribution is -0.109. The molecular formula is C8H15NO2. The van der Waals surface area contributed by atoms with E-state index in [-0.39, 0.29) is 11.7 Å². The quantitative estimate of drug-likeness (QED) is 0.574. The summed E-state index contributed by atoms with van der Waals surface area (Å²) < 4.78 is 5.53. The van der Waals surface area contributed by atoms with Crippen molar-refractivity contribution < 1.29 is 9.84 Å². The number of likely N-dealkylation sites (tertiary alicyclic amines) is 1. The third-order valence-corrected chi connectivity index (χ3v) is 2.66. The summed E-state index contributed by atoms with van der Waals surface area (Å²) in [6, 6.07) is 0. The Morgan fingerprint density at radius 3 is 2.82 bits per heavy atom. The molecule has 0 aromatic rings. The Balaban J connectivity index is 1.87. The van der Waals surface area contributed by atoms with Gasteiger partial charge in [-0.2, -0.15) is 0 Å². The summed E-state index contributed by atoms with van der Waals surface area (Å²) in [5.41, 5.74) is 0.0371. The van der Waals surface area contributed by atoms with Gasteiger partial charge in [-0.25, -0.2) is 0 Å². The van der Waals surface area contributed by atoms with E-state index in [1.165, 1.54) is 0 Å². The Bertz CT molecular complexity index is 154. The zero-order valence-corrected chi connectivity index (χ0v) is 6.92. The summed E-state index contributed by atoms with van der Waals surface area (Å²) in [5.74, 6) is 0. The fourth-order valence-electron chi connectivity index (χ4n) is 2.03. The molecule has 2 rings (SSSR count). The van der Waals surface area contributed by atoms with Crippen molar-refractivity contribution >= 4 is 0 Å². The van der Waals surface area contributed by atoms with Crippen LogP contribution in [0, 0.1) is 0 Å². The van der Waals surface area contributed by atoms with Gasteiger partial charge in [0, 0.05) is 19.5 Å². The van der Waals surface area contributed by atoms with Gasteiger partial charge >= 0.3 is 0 Å². The molecule has 2 fully saturated rings. The molecule has 0 aromatic heterocycles. The third kappa shape index (κ3) is 1.17. The van der Waals surface area contributed by atoms with Gasteiger partial charge in [-0.05, 0) is 6.54 Å². The van der Waals surface area contributed by atoms with Crippen LogP contribution in [-0.2, 0) is 4.74 Å². The van der Waals surface area contributed by atoms with Crippen LogP contribution in [0.1, 0.15) is 13.3 Å². The van der Waals surface area contributed by atoms with Crippen LogP contribution in [0.3, 0.4) is 0 Å². The Kier molecular flexibility index (Phi) is 1.67. The molecular weight excluding hydrogens is 142 g/mol. The average molecular weight is 157 g/mol. The lowest BCUT2D eigenvalue weighted by atomic mass is 9.90. The predicted octanol–water partition coefficient (Wildman–Crippen LogP) is -0.158. The van der Waals surface area contributed by atoms with Gasteiger partial charge in [-0.3, -0.25) is 4.90 Å². The molecule has 1 unspecified atom stereocenters. The van der Waals surface area contributed by atoms with Crippen LogP contribution >= 0.6 is 0 Å². The van der Waals surface area contributed by atoms with Gasteiger partial charge in [-0.15, -0.1) is 0 Å². The highest BCUT2D eigenvalue weighted by Gasteiger charge is 2.48. The summed E-state index contributed by atoms with van der Waals surface area (Å²) in [4.78, 5) is 2.33. The lowest BCUT2D eigenvalue weighted by Gasteiger charge is -2.46. The Morgan fingerprint density at radius 2 is 2.36 bits per heavy atom. The minimum atomic E-state index is -0.214. The second kappa shape index (κ2) is 2.44. The van der Waals surface area contributed by atoms with Crippen LogP contribution in [0.5, 0.6) is 0 Å². The molecule has 2 saturated heterocycles. The van der Waals surface area contributed by atoms with Gasteiger partial charge in [0.1, 0.15) is 0 Å². The van der Waals surface area contributed by atoms with E-state index < -0.39 is 0 Å². The number of hydrogen-bond donors (Lipinski definition) is 1. The molecule has 0 saturated carbocycles. The molecule has 3 nitrogen and oxygen atoms in total. The maximum absolute atomic E-state index is 9.25. The zero-order valence-electron chi connectivity index (χ0n) is 6.92. The van der Waals surface area contributed by atoms with Gasteiger partial charge in [-0.1, -0.05) is 6.92 Å². The van der Waals surface area contributed by atoms with Gasteiger partial charge in [0.2, 0.25) is 0 Å². The number of nitrogens with zero attached hydrogens (tertiary/aromatic N) is 1. The van der Waals surface area contributed by atoms with Gasteiger partial charge in [0.25, 0.3) is 0 Å². The van der Waals surface area contributed by atoms with Crippen LogP contribution in [0.15, 0.2) is 0 Å². The normalized spacial score (nSPS) is 36.0. The molecule has 1 N–H and O–H groups in total. The van der Waals surface area contributed by atoms with E-state index >= 15 is 0 Å². The number of likely N-dealkylation sites (N-methyl/N-ethyl adjacent to an activating group) is 1. The van der Waals surface area contributed by atoms with E-state index in [0.29, 0.717) is 6.61 Å². The van der Waals surface area contributed by atoms with Crippen LogP contribution in [0.2, 0.25) is 0 Å². The van der Waals surface area contributed by atoms with Gasteiger partial charge in [0.05, 0.1) is 18.3 Å². The van der Waals surface area contributed by atoms with Crippen molar-refractivity contribution in [3.63, 3.8) is 0 Å². The number of aliphatic hydroxyl groups excluding tert-OH is 1. The average Bonchev–Trinajstić information content (AvgIpc) is 2.28. The Labute approximate surface area is 66.9 Å². The third-order valence-electron chi connectivity index (χ3n) is 2.66. The van der Waals surface area contributed by atoms with Crippen LogP contribution in [-0.4, -0.2) is 48.0 Å². The molecule has 0 radical (unpaired) electrons. The van der Waals surface area contributed by atoms with E-state index in [1.807, 2.05) is 0 Å². The van der Waals surface area contributed by atoms with Crippen molar-refractivity contribution in [3.8, 4) is 0 Å². The second-order valence-electron chi connectivity index (χ2n) is 3.66. The lowest BCUT2D eigenvalue weighted by Crippen LogP contribution is -2.61. The molecule has 0 amide bonds. The highest BCUT2D eigenvalue weighted by atomic mass is 16.5. The second-order valence-corrected chi connectivity index (χ2v) is 3.66. The first kappa shape index (κ1) is 7.53. The van der Waals surface area contributed by atoms with Crippen LogP contribution in [0.25, 0.3) is 0 Å². The fourth-order valence-corrected chi connectivity index (χ4v) is 2.03. The molecule has 2 aliphatic heterocycles. The fraction of sp³-hybridized carbons (Fsp3) is 1.00. The molecule has 2 aliphatic rings. The number of rotatable bonds is 1. The first-order valence-electron chi connectivity index (χ1n) is 4.28. The molecule has 64 valence electrons.